The first kappa shape index (κ1) is 14.0. The first-order valence-electron chi connectivity index (χ1n) is 6.68. The van der Waals surface area contributed by atoms with E-state index in [1.54, 1.807) is 12.1 Å². The summed E-state index contributed by atoms with van der Waals surface area (Å²) in [6.07, 6.45) is 0.730. The molecule has 0 unspecified atom stereocenters. The summed E-state index contributed by atoms with van der Waals surface area (Å²) < 4.78 is 12.7. The Kier molecular flexibility index (Phi) is 5.30. The van der Waals surface area contributed by atoms with E-state index in [4.69, 9.17) is 0 Å². The van der Waals surface area contributed by atoms with Gasteiger partial charge in [0, 0.05) is 32.7 Å². The van der Waals surface area contributed by atoms with Crippen molar-refractivity contribution in [2.75, 3.05) is 39.3 Å². The van der Waals surface area contributed by atoms with Gasteiger partial charge in [-0.15, -0.1) is 0 Å². The zero-order valence-electron chi connectivity index (χ0n) is 11.0. The summed E-state index contributed by atoms with van der Waals surface area (Å²) in [6.45, 7) is 4.80. The van der Waals surface area contributed by atoms with E-state index in [2.05, 4.69) is 15.5 Å². The van der Waals surface area contributed by atoms with E-state index in [0.29, 0.717) is 13.1 Å². The number of benzene rings is 1. The lowest BCUT2D eigenvalue weighted by Crippen LogP contribution is -2.47. The van der Waals surface area contributed by atoms with Gasteiger partial charge in [-0.25, -0.2) is 4.39 Å². The highest BCUT2D eigenvalue weighted by molar-refractivity contribution is 5.78. The third kappa shape index (κ3) is 4.96. The monoisotopic (exact) mass is 265 g/mol. The van der Waals surface area contributed by atoms with Crippen molar-refractivity contribution < 1.29 is 9.18 Å². The molecule has 0 atom stereocenters. The Morgan fingerprint density at radius 2 is 1.95 bits per heavy atom. The lowest BCUT2D eigenvalue weighted by atomic mass is 10.1. The molecule has 0 aliphatic carbocycles. The number of carbonyl (C=O) groups is 1. The SMILES string of the molecule is O=C(CN1CCNCC1)NCCc1ccc(F)cc1. The molecule has 1 saturated heterocycles. The van der Waals surface area contributed by atoms with Crippen LogP contribution in [0.5, 0.6) is 0 Å². The van der Waals surface area contributed by atoms with Crippen molar-refractivity contribution in [2.45, 2.75) is 6.42 Å². The van der Waals surface area contributed by atoms with Crippen molar-refractivity contribution in [2.24, 2.45) is 0 Å². The summed E-state index contributed by atoms with van der Waals surface area (Å²) in [5.41, 5.74) is 1.03. The van der Waals surface area contributed by atoms with E-state index in [1.807, 2.05) is 0 Å². The molecule has 5 heteroatoms. The molecule has 0 aromatic heterocycles. The molecule has 1 fully saturated rings. The first-order valence-corrected chi connectivity index (χ1v) is 6.68. The van der Waals surface area contributed by atoms with E-state index >= 15 is 0 Å². The molecule has 2 N–H and O–H groups in total. The molecule has 1 aliphatic rings. The molecule has 19 heavy (non-hydrogen) atoms. The molecule has 0 radical (unpaired) electrons. The van der Waals surface area contributed by atoms with Crippen molar-refractivity contribution in [1.29, 1.82) is 0 Å². The number of piperazine rings is 1. The van der Waals surface area contributed by atoms with Gasteiger partial charge in [-0.2, -0.15) is 0 Å². The smallest absolute Gasteiger partial charge is 0.234 e. The standard InChI is InChI=1S/C14H20FN3O/c15-13-3-1-12(2-4-13)5-6-17-14(19)11-18-9-7-16-8-10-18/h1-4,16H,5-11H2,(H,17,19). The second-order valence-corrected chi connectivity index (χ2v) is 4.75. The van der Waals surface area contributed by atoms with Crippen LogP contribution in [0.25, 0.3) is 0 Å². The van der Waals surface area contributed by atoms with Crippen molar-refractivity contribution in [3.63, 3.8) is 0 Å². The fourth-order valence-corrected chi connectivity index (χ4v) is 2.13. The van der Waals surface area contributed by atoms with Crippen LogP contribution in [0.1, 0.15) is 5.56 Å². The molecule has 0 bridgehead atoms. The van der Waals surface area contributed by atoms with Crippen molar-refractivity contribution in [3.05, 3.63) is 35.6 Å². The lowest BCUT2D eigenvalue weighted by molar-refractivity contribution is -0.122. The Hall–Kier alpha value is -1.46. The second-order valence-electron chi connectivity index (χ2n) is 4.75. The highest BCUT2D eigenvalue weighted by Gasteiger charge is 2.12. The van der Waals surface area contributed by atoms with Gasteiger partial charge in [-0.05, 0) is 24.1 Å². The Bertz CT molecular complexity index is 402. The van der Waals surface area contributed by atoms with Crippen LogP contribution in [0.2, 0.25) is 0 Å². The average Bonchev–Trinajstić information content (AvgIpc) is 2.42. The number of hydrogen-bond donors (Lipinski definition) is 2. The van der Waals surface area contributed by atoms with E-state index in [-0.39, 0.29) is 11.7 Å². The number of nitrogens with one attached hydrogen (secondary N) is 2. The molecule has 1 aliphatic heterocycles. The molecule has 104 valence electrons. The number of carbonyl (C=O) groups excluding carboxylic acids is 1. The van der Waals surface area contributed by atoms with E-state index in [1.165, 1.54) is 12.1 Å². The van der Waals surface area contributed by atoms with Gasteiger partial charge in [0.05, 0.1) is 6.54 Å². The minimum Gasteiger partial charge on any atom is -0.355 e. The zero-order chi connectivity index (χ0) is 13.5. The Morgan fingerprint density at radius 3 is 2.63 bits per heavy atom. The van der Waals surface area contributed by atoms with E-state index in [0.717, 1.165) is 38.2 Å². The third-order valence-electron chi connectivity index (χ3n) is 3.23. The van der Waals surface area contributed by atoms with Crippen LogP contribution >= 0.6 is 0 Å². The van der Waals surface area contributed by atoms with Crippen molar-refractivity contribution in [1.82, 2.24) is 15.5 Å². The fraction of sp³-hybridized carbons (Fsp3) is 0.500. The Balaban J connectivity index is 1.64. The van der Waals surface area contributed by atoms with Gasteiger partial charge in [0.1, 0.15) is 5.82 Å². The molecule has 0 saturated carbocycles. The molecule has 1 aromatic rings. The van der Waals surface area contributed by atoms with Gasteiger partial charge in [-0.3, -0.25) is 9.69 Å². The zero-order valence-corrected chi connectivity index (χ0v) is 11.0. The van der Waals surface area contributed by atoms with Gasteiger partial charge in [0.2, 0.25) is 5.91 Å². The molecule has 4 nitrogen and oxygen atoms in total. The van der Waals surface area contributed by atoms with Crippen LogP contribution < -0.4 is 10.6 Å². The summed E-state index contributed by atoms with van der Waals surface area (Å²) in [5.74, 6) is -0.171. The minimum atomic E-state index is -0.230. The number of hydrogen-bond acceptors (Lipinski definition) is 3. The molecular weight excluding hydrogens is 245 g/mol. The van der Waals surface area contributed by atoms with Gasteiger partial charge in [-0.1, -0.05) is 12.1 Å². The molecule has 1 aromatic carbocycles. The second kappa shape index (κ2) is 7.21. The minimum absolute atomic E-state index is 0.0593. The van der Waals surface area contributed by atoms with Crippen molar-refractivity contribution in [3.8, 4) is 0 Å². The van der Waals surface area contributed by atoms with Gasteiger partial charge in [0.25, 0.3) is 0 Å². The van der Waals surface area contributed by atoms with E-state index < -0.39 is 0 Å². The van der Waals surface area contributed by atoms with E-state index in [9.17, 15) is 9.18 Å². The maximum Gasteiger partial charge on any atom is 0.234 e. The maximum absolute atomic E-state index is 12.7. The molecule has 2 rings (SSSR count). The number of amides is 1. The summed E-state index contributed by atoms with van der Waals surface area (Å²) in [4.78, 5) is 13.9. The van der Waals surface area contributed by atoms with Crippen LogP contribution in [0.3, 0.4) is 0 Å². The predicted octanol–water partition coefficient (Wildman–Crippen LogP) is 0.390. The number of halogens is 1. The topological polar surface area (TPSA) is 44.4 Å². The molecule has 1 heterocycles. The van der Waals surface area contributed by atoms with Crippen LogP contribution in [-0.4, -0.2) is 50.1 Å². The fourth-order valence-electron chi connectivity index (χ4n) is 2.13. The summed E-state index contributed by atoms with van der Waals surface area (Å²) in [5, 5.41) is 6.15. The highest BCUT2D eigenvalue weighted by Crippen LogP contribution is 2.02. The van der Waals surface area contributed by atoms with Gasteiger partial charge < -0.3 is 10.6 Å². The average molecular weight is 265 g/mol. The summed E-state index contributed by atoms with van der Waals surface area (Å²) in [7, 11) is 0. The number of nitrogens with zero attached hydrogens (tertiary/aromatic N) is 1. The quantitative estimate of drug-likeness (QED) is 0.809. The molecular formula is C14H20FN3O. The number of rotatable bonds is 5. The maximum atomic E-state index is 12.7. The van der Waals surface area contributed by atoms with Gasteiger partial charge >= 0.3 is 0 Å². The van der Waals surface area contributed by atoms with Crippen LogP contribution in [0.15, 0.2) is 24.3 Å². The first-order chi connectivity index (χ1) is 9.24. The third-order valence-corrected chi connectivity index (χ3v) is 3.23. The predicted molar refractivity (Wildman–Crippen MR) is 72.4 cm³/mol. The molecule has 1 amide bonds. The Labute approximate surface area is 113 Å². The molecule has 0 spiro atoms. The van der Waals surface area contributed by atoms with Gasteiger partial charge in [0.15, 0.2) is 0 Å². The lowest BCUT2D eigenvalue weighted by Gasteiger charge is -2.26. The van der Waals surface area contributed by atoms with Crippen LogP contribution in [-0.2, 0) is 11.2 Å². The normalized spacial score (nSPS) is 16.3. The van der Waals surface area contributed by atoms with Crippen molar-refractivity contribution >= 4 is 5.91 Å². The summed E-state index contributed by atoms with van der Waals surface area (Å²) in [6, 6.07) is 6.38. The Morgan fingerprint density at radius 1 is 1.26 bits per heavy atom. The summed E-state index contributed by atoms with van der Waals surface area (Å²) >= 11 is 0. The largest absolute Gasteiger partial charge is 0.355 e. The van der Waals surface area contributed by atoms with Crippen LogP contribution in [0, 0.1) is 5.82 Å². The van der Waals surface area contributed by atoms with Crippen LogP contribution in [0.4, 0.5) is 4.39 Å². The highest BCUT2D eigenvalue weighted by atomic mass is 19.1.